The molecule has 2 rings (SSSR count). The van der Waals surface area contributed by atoms with Gasteiger partial charge in [-0.3, -0.25) is 0 Å². The molecule has 1 heterocycles. The number of hydrogen-bond acceptors (Lipinski definition) is 3. The lowest BCUT2D eigenvalue weighted by Gasteiger charge is -2.36. The van der Waals surface area contributed by atoms with E-state index in [0.717, 1.165) is 25.9 Å². The van der Waals surface area contributed by atoms with E-state index >= 15 is 0 Å². The first kappa shape index (κ1) is 18.6. The Bertz CT molecular complexity index is 391. The average Bonchev–Trinajstić information content (AvgIpc) is 2.65. The zero-order valence-electron chi connectivity index (χ0n) is 15.8. The van der Waals surface area contributed by atoms with Gasteiger partial charge in [-0.1, -0.05) is 13.8 Å². The first-order valence-electron chi connectivity index (χ1n) is 9.39. The van der Waals surface area contributed by atoms with Crippen molar-refractivity contribution in [3.63, 3.8) is 0 Å². The molecule has 1 saturated heterocycles. The zero-order chi connectivity index (χ0) is 17.1. The summed E-state index contributed by atoms with van der Waals surface area (Å²) in [4.78, 5) is 14.1. The Morgan fingerprint density at radius 2 is 1.65 bits per heavy atom. The lowest BCUT2D eigenvalue weighted by atomic mass is 9.75. The van der Waals surface area contributed by atoms with E-state index in [1.54, 1.807) is 0 Å². The van der Waals surface area contributed by atoms with Crippen LogP contribution < -0.4 is 5.32 Å². The van der Waals surface area contributed by atoms with Gasteiger partial charge in [-0.15, -0.1) is 0 Å². The molecule has 134 valence electrons. The summed E-state index contributed by atoms with van der Waals surface area (Å²) < 4.78 is 5.51. The van der Waals surface area contributed by atoms with Crippen molar-refractivity contribution in [1.82, 2.24) is 10.2 Å². The smallest absolute Gasteiger partial charge is 0.410 e. The second-order valence-corrected chi connectivity index (χ2v) is 9.20. The average molecular weight is 325 g/mol. The van der Waals surface area contributed by atoms with Crippen LogP contribution in [0.15, 0.2) is 0 Å². The molecule has 0 aromatic heterocycles. The molecule has 0 aromatic rings. The number of carbonyl (C=O) groups excluding carboxylic acids is 1. The van der Waals surface area contributed by atoms with Crippen LogP contribution in [0, 0.1) is 5.41 Å². The molecule has 0 aromatic carbocycles. The van der Waals surface area contributed by atoms with Gasteiger partial charge < -0.3 is 15.0 Å². The predicted molar refractivity (Wildman–Crippen MR) is 94.6 cm³/mol. The first-order chi connectivity index (χ1) is 10.6. The van der Waals surface area contributed by atoms with Gasteiger partial charge in [0.1, 0.15) is 5.60 Å². The minimum absolute atomic E-state index is 0.155. The van der Waals surface area contributed by atoms with Crippen molar-refractivity contribution in [3.8, 4) is 0 Å². The van der Waals surface area contributed by atoms with Gasteiger partial charge in [-0.25, -0.2) is 4.79 Å². The second kappa shape index (κ2) is 7.42. The number of ether oxygens (including phenoxy) is 1. The monoisotopic (exact) mass is 324 g/mol. The van der Waals surface area contributed by atoms with E-state index in [4.69, 9.17) is 4.74 Å². The van der Waals surface area contributed by atoms with Gasteiger partial charge in [0, 0.05) is 25.2 Å². The number of hydrogen-bond donors (Lipinski definition) is 1. The third-order valence-corrected chi connectivity index (χ3v) is 5.19. The van der Waals surface area contributed by atoms with Gasteiger partial charge in [0.05, 0.1) is 0 Å². The molecule has 1 aliphatic heterocycles. The summed E-state index contributed by atoms with van der Waals surface area (Å²) in [6.07, 6.45) is 8.34. The van der Waals surface area contributed by atoms with Crippen LogP contribution in [0.5, 0.6) is 0 Å². The van der Waals surface area contributed by atoms with Crippen molar-refractivity contribution in [2.45, 2.75) is 97.2 Å². The predicted octanol–water partition coefficient (Wildman–Crippen LogP) is 4.33. The van der Waals surface area contributed by atoms with Crippen molar-refractivity contribution in [1.29, 1.82) is 0 Å². The first-order valence-corrected chi connectivity index (χ1v) is 9.39. The van der Waals surface area contributed by atoms with E-state index in [-0.39, 0.29) is 6.09 Å². The fraction of sp³-hybridized carbons (Fsp3) is 0.947. The Morgan fingerprint density at radius 1 is 1.04 bits per heavy atom. The second-order valence-electron chi connectivity index (χ2n) is 9.20. The van der Waals surface area contributed by atoms with Gasteiger partial charge in [-0.2, -0.15) is 0 Å². The molecule has 1 aliphatic carbocycles. The SMILES string of the molecule is CC1(C)CCC(NC2CCCN(C(=O)OC(C)(C)C)CC2)CC1. The molecular formula is C19H36N2O2. The summed E-state index contributed by atoms with van der Waals surface area (Å²) in [6.45, 7) is 12.2. The Morgan fingerprint density at radius 3 is 2.26 bits per heavy atom. The van der Waals surface area contributed by atoms with E-state index in [0.29, 0.717) is 17.5 Å². The van der Waals surface area contributed by atoms with Crippen LogP contribution in [0.1, 0.15) is 79.6 Å². The van der Waals surface area contributed by atoms with Crippen LogP contribution >= 0.6 is 0 Å². The minimum atomic E-state index is -0.407. The maximum absolute atomic E-state index is 12.2. The number of likely N-dealkylation sites (tertiary alicyclic amines) is 1. The quantitative estimate of drug-likeness (QED) is 0.822. The molecule has 1 N–H and O–H groups in total. The number of nitrogens with one attached hydrogen (secondary N) is 1. The van der Waals surface area contributed by atoms with Crippen LogP contribution in [-0.2, 0) is 4.74 Å². The van der Waals surface area contributed by atoms with Crippen molar-refractivity contribution in [2.75, 3.05) is 13.1 Å². The number of carbonyl (C=O) groups is 1. The number of nitrogens with zero attached hydrogens (tertiary/aromatic N) is 1. The zero-order valence-corrected chi connectivity index (χ0v) is 15.8. The number of rotatable bonds is 2. The Hall–Kier alpha value is -0.770. The molecule has 0 radical (unpaired) electrons. The number of amides is 1. The largest absolute Gasteiger partial charge is 0.444 e. The standard InChI is InChI=1S/C19H36N2O2/c1-18(2,3)23-17(22)21-13-6-7-15(10-14-21)20-16-8-11-19(4,5)12-9-16/h15-16,20H,6-14H2,1-5H3. The molecule has 2 fully saturated rings. The van der Waals surface area contributed by atoms with Gasteiger partial charge in [0.25, 0.3) is 0 Å². The Labute approximate surface area is 142 Å². The topological polar surface area (TPSA) is 41.6 Å². The lowest BCUT2D eigenvalue weighted by molar-refractivity contribution is 0.0255. The van der Waals surface area contributed by atoms with E-state index < -0.39 is 5.60 Å². The molecule has 1 unspecified atom stereocenters. The minimum Gasteiger partial charge on any atom is -0.444 e. The molecule has 1 saturated carbocycles. The summed E-state index contributed by atoms with van der Waals surface area (Å²) >= 11 is 0. The Kier molecular flexibility index (Phi) is 5.99. The van der Waals surface area contributed by atoms with Crippen LogP contribution in [-0.4, -0.2) is 41.8 Å². The fourth-order valence-electron chi connectivity index (χ4n) is 3.67. The van der Waals surface area contributed by atoms with Gasteiger partial charge in [0.2, 0.25) is 0 Å². The maximum atomic E-state index is 12.2. The van der Waals surface area contributed by atoms with Crippen molar-refractivity contribution in [3.05, 3.63) is 0 Å². The van der Waals surface area contributed by atoms with Crippen LogP contribution in [0.3, 0.4) is 0 Å². The van der Waals surface area contributed by atoms with Gasteiger partial charge in [0.15, 0.2) is 0 Å². The maximum Gasteiger partial charge on any atom is 0.410 e. The fourth-order valence-corrected chi connectivity index (χ4v) is 3.67. The molecule has 4 nitrogen and oxygen atoms in total. The summed E-state index contributed by atoms with van der Waals surface area (Å²) in [5.41, 5.74) is 0.116. The highest BCUT2D eigenvalue weighted by Gasteiger charge is 2.29. The van der Waals surface area contributed by atoms with Crippen molar-refractivity contribution in [2.24, 2.45) is 5.41 Å². The van der Waals surface area contributed by atoms with Crippen molar-refractivity contribution < 1.29 is 9.53 Å². The van der Waals surface area contributed by atoms with Crippen LogP contribution in [0.25, 0.3) is 0 Å². The van der Waals surface area contributed by atoms with Crippen LogP contribution in [0.4, 0.5) is 4.79 Å². The van der Waals surface area contributed by atoms with E-state index in [1.807, 2.05) is 25.7 Å². The molecule has 23 heavy (non-hydrogen) atoms. The molecule has 1 amide bonds. The molecule has 1 atom stereocenters. The molecule has 4 heteroatoms. The summed E-state index contributed by atoms with van der Waals surface area (Å²) in [5.74, 6) is 0. The lowest BCUT2D eigenvalue weighted by Crippen LogP contribution is -2.42. The molecule has 0 bridgehead atoms. The third-order valence-electron chi connectivity index (χ3n) is 5.19. The normalized spacial score (nSPS) is 26.7. The summed E-state index contributed by atoms with van der Waals surface area (Å²) in [7, 11) is 0. The summed E-state index contributed by atoms with van der Waals surface area (Å²) in [5, 5.41) is 3.86. The molecule has 0 spiro atoms. The van der Waals surface area contributed by atoms with Crippen LogP contribution in [0.2, 0.25) is 0 Å². The Balaban J connectivity index is 1.77. The van der Waals surface area contributed by atoms with Crippen molar-refractivity contribution >= 4 is 6.09 Å². The van der Waals surface area contributed by atoms with Gasteiger partial charge >= 0.3 is 6.09 Å². The van der Waals surface area contributed by atoms with E-state index in [1.165, 1.54) is 32.1 Å². The van der Waals surface area contributed by atoms with E-state index in [2.05, 4.69) is 19.2 Å². The molecule has 2 aliphatic rings. The van der Waals surface area contributed by atoms with Gasteiger partial charge in [-0.05, 0) is 71.1 Å². The van der Waals surface area contributed by atoms with E-state index in [9.17, 15) is 4.79 Å². The summed E-state index contributed by atoms with van der Waals surface area (Å²) in [6, 6.07) is 1.22. The third kappa shape index (κ3) is 6.33. The highest BCUT2D eigenvalue weighted by Crippen LogP contribution is 2.35. The highest BCUT2D eigenvalue weighted by atomic mass is 16.6. The highest BCUT2D eigenvalue weighted by molar-refractivity contribution is 5.68. The molecular weight excluding hydrogens is 288 g/mol.